The summed E-state index contributed by atoms with van der Waals surface area (Å²) in [5.41, 5.74) is 0.958. The smallest absolute Gasteiger partial charge is 0.295 e. The third-order valence-corrected chi connectivity index (χ3v) is 5.45. The number of carbonyl (C=O) groups excluding carboxylic acids is 1. The van der Waals surface area contributed by atoms with Gasteiger partial charge in [0.1, 0.15) is 0 Å². The lowest BCUT2D eigenvalue weighted by Crippen LogP contribution is -3.06. The van der Waals surface area contributed by atoms with Crippen LogP contribution in [0.25, 0.3) is 10.2 Å². The van der Waals surface area contributed by atoms with Gasteiger partial charge in [0, 0.05) is 4.90 Å². The van der Waals surface area contributed by atoms with Gasteiger partial charge in [-0.1, -0.05) is 17.4 Å². The number of amides is 1. The van der Waals surface area contributed by atoms with Gasteiger partial charge in [-0.2, -0.15) is 0 Å². The molecule has 1 N–H and O–H groups in total. The lowest BCUT2D eigenvalue weighted by Gasteiger charge is -2.19. The fourth-order valence-electron chi connectivity index (χ4n) is 2.34. The van der Waals surface area contributed by atoms with Crippen LogP contribution in [0.15, 0.2) is 45.9 Å². The summed E-state index contributed by atoms with van der Waals surface area (Å²) >= 11 is 3.21. The van der Waals surface area contributed by atoms with Crippen LogP contribution in [0.5, 0.6) is 0 Å². The Kier molecular flexibility index (Phi) is 5.23. The Labute approximate surface area is 149 Å². The minimum atomic E-state index is -0.147. The molecule has 7 heteroatoms. The van der Waals surface area contributed by atoms with Crippen molar-refractivity contribution in [3.8, 4) is 0 Å². The average Bonchev–Trinajstić information content (AvgIpc) is 3.23. The van der Waals surface area contributed by atoms with Gasteiger partial charge in [-0.3, -0.25) is 9.69 Å². The summed E-state index contributed by atoms with van der Waals surface area (Å²) < 4.78 is 6.39. The molecule has 0 saturated heterocycles. The second-order valence-corrected chi connectivity index (χ2v) is 7.55. The Morgan fingerprint density at radius 2 is 2.17 bits per heavy atom. The molecule has 126 valence electrons. The minimum absolute atomic E-state index is 0.147. The molecule has 0 unspecified atom stereocenters. The van der Waals surface area contributed by atoms with Crippen LogP contribution in [-0.4, -0.2) is 44.3 Å². The van der Waals surface area contributed by atoms with Crippen molar-refractivity contribution in [3.63, 3.8) is 0 Å². The number of rotatable bonds is 6. The van der Waals surface area contributed by atoms with Crippen LogP contribution in [0.1, 0.15) is 10.6 Å². The zero-order valence-corrected chi connectivity index (χ0v) is 15.5. The quantitative estimate of drug-likeness (QED) is 0.684. The van der Waals surface area contributed by atoms with E-state index in [9.17, 15) is 4.79 Å². The van der Waals surface area contributed by atoms with Gasteiger partial charge >= 0.3 is 0 Å². The predicted octanol–water partition coefficient (Wildman–Crippen LogP) is 2.40. The fourth-order valence-corrected chi connectivity index (χ4v) is 3.99. The minimum Gasteiger partial charge on any atom is -0.459 e. The van der Waals surface area contributed by atoms with Crippen LogP contribution in [0.2, 0.25) is 0 Å². The highest BCUT2D eigenvalue weighted by Gasteiger charge is 2.24. The van der Waals surface area contributed by atoms with E-state index in [4.69, 9.17) is 9.40 Å². The SMILES string of the molecule is CSc1cccc2sc(N(CC[NH+](C)C)C(=O)c3ccco3)nc12. The van der Waals surface area contributed by atoms with Crippen LogP contribution in [-0.2, 0) is 0 Å². The monoisotopic (exact) mass is 362 g/mol. The molecule has 0 fully saturated rings. The molecule has 1 amide bonds. The summed E-state index contributed by atoms with van der Waals surface area (Å²) in [5, 5.41) is 0.717. The summed E-state index contributed by atoms with van der Waals surface area (Å²) in [6.45, 7) is 1.42. The van der Waals surface area contributed by atoms with Gasteiger partial charge in [0.2, 0.25) is 0 Å². The molecule has 0 saturated carbocycles. The number of thioether (sulfide) groups is 1. The third-order valence-electron chi connectivity index (χ3n) is 3.63. The number of anilines is 1. The van der Waals surface area contributed by atoms with E-state index in [2.05, 4.69) is 20.2 Å². The molecule has 1 aromatic carbocycles. The largest absolute Gasteiger partial charge is 0.459 e. The number of thiazole rings is 1. The van der Waals surface area contributed by atoms with Crippen LogP contribution in [0, 0.1) is 0 Å². The van der Waals surface area contributed by atoms with Crippen molar-refractivity contribution in [1.82, 2.24) is 4.98 Å². The second-order valence-electron chi connectivity index (χ2n) is 5.69. The van der Waals surface area contributed by atoms with E-state index in [-0.39, 0.29) is 5.91 Å². The maximum atomic E-state index is 12.8. The van der Waals surface area contributed by atoms with Crippen LogP contribution >= 0.6 is 23.1 Å². The van der Waals surface area contributed by atoms with E-state index >= 15 is 0 Å². The summed E-state index contributed by atoms with van der Waals surface area (Å²) in [4.78, 5) is 21.7. The highest BCUT2D eigenvalue weighted by molar-refractivity contribution is 7.98. The third kappa shape index (κ3) is 3.48. The number of quaternary nitrogens is 1. The molecular weight excluding hydrogens is 342 g/mol. The summed E-state index contributed by atoms with van der Waals surface area (Å²) in [7, 11) is 4.14. The molecule has 0 bridgehead atoms. The van der Waals surface area contributed by atoms with Crippen LogP contribution in [0.4, 0.5) is 5.13 Å². The molecule has 0 spiro atoms. The molecular formula is C17H20N3O2S2+. The molecule has 0 aliphatic rings. The van der Waals surface area contributed by atoms with Gasteiger partial charge in [0.15, 0.2) is 10.9 Å². The first-order valence-electron chi connectivity index (χ1n) is 7.68. The number of benzene rings is 1. The van der Waals surface area contributed by atoms with Crippen LogP contribution < -0.4 is 9.80 Å². The maximum Gasteiger partial charge on any atom is 0.295 e. The highest BCUT2D eigenvalue weighted by Crippen LogP contribution is 2.34. The number of para-hydroxylation sites is 1. The van der Waals surface area contributed by atoms with Gasteiger partial charge in [0.05, 0.1) is 43.7 Å². The molecule has 3 rings (SSSR count). The van der Waals surface area contributed by atoms with Crippen molar-refractivity contribution in [1.29, 1.82) is 0 Å². The molecule has 0 radical (unpaired) electrons. The van der Waals surface area contributed by atoms with E-state index < -0.39 is 0 Å². The first kappa shape index (κ1) is 17.0. The van der Waals surface area contributed by atoms with E-state index in [0.29, 0.717) is 17.4 Å². The first-order chi connectivity index (χ1) is 11.6. The number of nitrogens with zero attached hydrogens (tertiary/aromatic N) is 2. The maximum absolute atomic E-state index is 12.8. The predicted molar refractivity (Wildman–Crippen MR) is 99.5 cm³/mol. The number of hydrogen-bond donors (Lipinski definition) is 1. The van der Waals surface area contributed by atoms with Gasteiger partial charge in [-0.05, 0) is 30.5 Å². The zero-order chi connectivity index (χ0) is 17.1. The van der Waals surface area contributed by atoms with E-state index in [1.165, 1.54) is 11.2 Å². The van der Waals surface area contributed by atoms with Gasteiger partial charge < -0.3 is 9.32 Å². The molecule has 2 heterocycles. The van der Waals surface area contributed by atoms with Crippen molar-refractivity contribution in [2.24, 2.45) is 0 Å². The molecule has 0 aliphatic heterocycles. The van der Waals surface area contributed by atoms with Crippen molar-refractivity contribution >= 4 is 44.4 Å². The standard InChI is InChI=1S/C17H19N3O2S2/c1-19(2)9-10-20(16(21)12-6-5-11-22-12)17-18-15-13(23-3)7-4-8-14(15)24-17/h4-8,11H,9-10H2,1-3H3/p+1. The molecule has 0 atom stereocenters. The fraction of sp³-hybridized carbons (Fsp3) is 0.294. The van der Waals surface area contributed by atoms with Crippen molar-refractivity contribution < 1.29 is 14.1 Å². The number of nitrogens with one attached hydrogen (secondary N) is 1. The lowest BCUT2D eigenvalue weighted by atomic mass is 10.3. The lowest BCUT2D eigenvalue weighted by molar-refractivity contribution is -0.856. The van der Waals surface area contributed by atoms with E-state index in [1.54, 1.807) is 40.1 Å². The number of fused-ring (bicyclic) bond motifs is 1. The Balaban J connectivity index is 2.00. The summed E-state index contributed by atoms with van der Waals surface area (Å²) in [6.07, 6.45) is 3.56. The zero-order valence-electron chi connectivity index (χ0n) is 13.9. The Hall–Kier alpha value is -1.83. The van der Waals surface area contributed by atoms with Crippen molar-refractivity contribution in [2.75, 3.05) is 38.3 Å². The van der Waals surface area contributed by atoms with Gasteiger partial charge in [0.25, 0.3) is 5.91 Å². The topological polar surface area (TPSA) is 50.8 Å². The number of carbonyl (C=O) groups is 1. The van der Waals surface area contributed by atoms with Gasteiger partial charge in [-0.25, -0.2) is 4.98 Å². The average molecular weight is 363 g/mol. The van der Waals surface area contributed by atoms with Crippen molar-refractivity contribution in [2.45, 2.75) is 4.90 Å². The molecule has 3 aromatic rings. The Morgan fingerprint density at radius 1 is 1.33 bits per heavy atom. The molecule has 2 aromatic heterocycles. The second kappa shape index (κ2) is 7.38. The number of likely N-dealkylation sites (N-methyl/N-ethyl adjacent to an activating group) is 1. The van der Waals surface area contributed by atoms with E-state index in [0.717, 1.165) is 21.7 Å². The number of aromatic nitrogens is 1. The number of hydrogen-bond acceptors (Lipinski definition) is 5. The normalized spacial score (nSPS) is 11.3. The van der Waals surface area contributed by atoms with Gasteiger partial charge in [-0.15, -0.1) is 11.8 Å². The summed E-state index contributed by atoms with van der Waals surface area (Å²) in [6, 6.07) is 9.55. The molecule has 0 aliphatic carbocycles. The Bertz CT molecular complexity index is 828. The summed E-state index contributed by atoms with van der Waals surface area (Å²) in [5.74, 6) is 0.194. The highest BCUT2D eigenvalue weighted by atomic mass is 32.2. The van der Waals surface area contributed by atoms with Crippen LogP contribution in [0.3, 0.4) is 0 Å². The number of furan rings is 1. The Morgan fingerprint density at radius 3 is 2.83 bits per heavy atom. The van der Waals surface area contributed by atoms with Crippen molar-refractivity contribution in [3.05, 3.63) is 42.4 Å². The first-order valence-corrected chi connectivity index (χ1v) is 9.72. The van der Waals surface area contributed by atoms with E-state index in [1.807, 2.05) is 18.4 Å². The molecule has 5 nitrogen and oxygen atoms in total. The molecule has 24 heavy (non-hydrogen) atoms.